The Kier molecular flexibility index (Phi) is 7.44. The Morgan fingerprint density at radius 3 is 2.32 bits per heavy atom. The van der Waals surface area contributed by atoms with Gasteiger partial charge in [0, 0.05) is 11.1 Å². The first kappa shape index (κ1) is 21.3. The Labute approximate surface area is 166 Å². The Bertz CT molecular complexity index is 846. The normalized spacial score (nSPS) is 10.5. The minimum Gasteiger partial charge on any atom is -0.493 e. The van der Waals surface area contributed by atoms with Gasteiger partial charge >= 0.3 is 0 Å². The number of methoxy groups -OCH3 is 1. The van der Waals surface area contributed by atoms with Crippen molar-refractivity contribution in [3.63, 3.8) is 0 Å². The molecule has 0 aliphatic rings. The Morgan fingerprint density at radius 1 is 0.964 bits per heavy atom. The molecule has 2 N–H and O–H groups in total. The maximum absolute atomic E-state index is 12.4. The van der Waals surface area contributed by atoms with E-state index < -0.39 is 5.91 Å². The van der Waals surface area contributed by atoms with Gasteiger partial charge in [-0.2, -0.15) is 0 Å². The van der Waals surface area contributed by atoms with E-state index in [1.165, 1.54) is 7.11 Å². The summed E-state index contributed by atoms with van der Waals surface area (Å²) in [5, 5.41) is 0. The minimum atomic E-state index is -0.440. The lowest BCUT2D eigenvalue weighted by molar-refractivity contribution is 0.0846. The van der Waals surface area contributed by atoms with Gasteiger partial charge in [-0.1, -0.05) is 31.5 Å². The van der Waals surface area contributed by atoms with Crippen LogP contribution < -0.4 is 20.3 Å². The number of amides is 2. The fourth-order valence-electron chi connectivity index (χ4n) is 2.65. The highest BCUT2D eigenvalue weighted by molar-refractivity contribution is 6.00. The van der Waals surface area contributed by atoms with Crippen LogP contribution in [0.4, 0.5) is 0 Å². The third-order valence-corrected chi connectivity index (χ3v) is 4.29. The van der Waals surface area contributed by atoms with Crippen LogP contribution >= 0.6 is 0 Å². The summed E-state index contributed by atoms with van der Waals surface area (Å²) in [5.41, 5.74) is 7.66. The fourth-order valence-corrected chi connectivity index (χ4v) is 2.65. The zero-order chi connectivity index (χ0) is 20.7. The molecule has 150 valence electrons. The van der Waals surface area contributed by atoms with Crippen LogP contribution in [0.5, 0.6) is 11.5 Å². The van der Waals surface area contributed by atoms with Gasteiger partial charge in [-0.3, -0.25) is 20.4 Å². The maximum atomic E-state index is 12.4. The Morgan fingerprint density at radius 2 is 1.68 bits per heavy atom. The molecular formula is C22H28N2O4. The van der Waals surface area contributed by atoms with Crippen molar-refractivity contribution in [1.82, 2.24) is 10.9 Å². The number of carbonyl (C=O) groups excluding carboxylic acids is 2. The molecule has 0 bridgehead atoms. The summed E-state index contributed by atoms with van der Waals surface area (Å²) in [5.74, 6) is 0.782. The first-order chi connectivity index (χ1) is 13.3. The van der Waals surface area contributed by atoms with Gasteiger partial charge < -0.3 is 9.47 Å². The fraction of sp³-hybridized carbons (Fsp3) is 0.364. The lowest BCUT2D eigenvalue weighted by atomic mass is 10.1. The van der Waals surface area contributed by atoms with E-state index in [9.17, 15) is 9.59 Å². The van der Waals surface area contributed by atoms with Gasteiger partial charge in [-0.25, -0.2) is 0 Å². The van der Waals surface area contributed by atoms with E-state index in [-0.39, 0.29) is 5.91 Å². The summed E-state index contributed by atoms with van der Waals surface area (Å²) < 4.78 is 11.0. The quantitative estimate of drug-likeness (QED) is 0.712. The van der Waals surface area contributed by atoms with Crippen LogP contribution in [0.1, 0.15) is 52.1 Å². The van der Waals surface area contributed by atoms with Gasteiger partial charge in [0.1, 0.15) is 0 Å². The second kappa shape index (κ2) is 9.78. The Hall–Kier alpha value is -3.02. The van der Waals surface area contributed by atoms with Crippen LogP contribution in [0, 0.1) is 19.8 Å². The highest BCUT2D eigenvalue weighted by Gasteiger charge is 2.14. The number of aryl methyl sites for hydroxylation is 2. The zero-order valence-corrected chi connectivity index (χ0v) is 17.1. The predicted molar refractivity (Wildman–Crippen MR) is 109 cm³/mol. The van der Waals surface area contributed by atoms with E-state index in [0.29, 0.717) is 35.2 Å². The van der Waals surface area contributed by atoms with E-state index in [1.807, 2.05) is 26.0 Å². The van der Waals surface area contributed by atoms with Gasteiger partial charge in [0.25, 0.3) is 11.8 Å². The average Bonchev–Trinajstić information content (AvgIpc) is 2.65. The highest BCUT2D eigenvalue weighted by Crippen LogP contribution is 2.28. The first-order valence-electron chi connectivity index (χ1n) is 9.30. The van der Waals surface area contributed by atoms with Crippen molar-refractivity contribution >= 4 is 11.8 Å². The second-order valence-corrected chi connectivity index (χ2v) is 7.12. The molecule has 0 atom stereocenters. The second-order valence-electron chi connectivity index (χ2n) is 7.12. The van der Waals surface area contributed by atoms with Crippen molar-refractivity contribution in [1.29, 1.82) is 0 Å². The molecule has 2 aromatic carbocycles. The molecule has 0 heterocycles. The summed E-state index contributed by atoms with van der Waals surface area (Å²) in [6.07, 6.45) is 0.926. The molecule has 0 spiro atoms. The van der Waals surface area contributed by atoms with Crippen molar-refractivity contribution < 1.29 is 19.1 Å². The van der Waals surface area contributed by atoms with Crippen LogP contribution in [-0.2, 0) is 0 Å². The van der Waals surface area contributed by atoms with E-state index in [0.717, 1.165) is 17.5 Å². The number of hydrogen-bond donors (Lipinski definition) is 2. The molecule has 0 saturated heterocycles. The zero-order valence-electron chi connectivity index (χ0n) is 17.1. The third kappa shape index (κ3) is 5.74. The van der Waals surface area contributed by atoms with E-state index >= 15 is 0 Å². The number of carbonyl (C=O) groups is 2. The van der Waals surface area contributed by atoms with Crippen molar-refractivity contribution in [3.8, 4) is 11.5 Å². The minimum absolute atomic E-state index is 0.356. The number of nitrogens with one attached hydrogen (secondary N) is 2. The van der Waals surface area contributed by atoms with E-state index in [4.69, 9.17) is 9.47 Å². The summed E-state index contributed by atoms with van der Waals surface area (Å²) in [7, 11) is 1.52. The standard InChI is InChI=1S/C22H28N2O4/c1-14(2)10-11-28-19-9-7-17(13-20(19)27-5)21(25)23-24-22(26)18-8-6-15(3)12-16(18)4/h6-9,12-14H,10-11H2,1-5H3,(H,23,25)(H,24,26). The monoisotopic (exact) mass is 384 g/mol. The van der Waals surface area contributed by atoms with Gasteiger partial charge in [0.15, 0.2) is 11.5 Å². The molecular weight excluding hydrogens is 356 g/mol. The lowest BCUT2D eigenvalue weighted by Gasteiger charge is -2.13. The Balaban J connectivity index is 2.00. The molecule has 0 aliphatic heterocycles. The van der Waals surface area contributed by atoms with Gasteiger partial charge in [-0.15, -0.1) is 0 Å². The molecule has 0 unspecified atom stereocenters. The smallest absolute Gasteiger partial charge is 0.269 e. The van der Waals surface area contributed by atoms with Crippen LogP contribution in [0.2, 0.25) is 0 Å². The third-order valence-electron chi connectivity index (χ3n) is 4.29. The molecule has 28 heavy (non-hydrogen) atoms. The maximum Gasteiger partial charge on any atom is 0.269 e. The highest BCUT2D eigenvalue weighted by atomic mass is 16.5. The summed E-state index contributed by atoms with van der Waals surface area (Å²) in [4.78, 5) is 24.7. The summed E-state index contributed by atoms with van der Waals surface area (Å²) in [6.45, 7) is 8.64. The van der Waals surface area contributed by atoms with Crippen molar-refractivity contribution in [2.75, 3.05) is 13.7 Å². The number of rotatable bonds is 7. The number of hydrazine groups is 1. The van der Waals surface area contributed by atoms with Gasteiger partial charge in [-0.05, 0) is 56.0 Å². The summed E-state index contributed by atoms with van der Waals surface area (Å²) >= 11 is 0. The first-order valence-corrected chi connectivity index (χ1v) is 9.30. The largest absolute Gasteiger partial charge is 0.493 e. The molecule has 6 nitrogen and oxygen atoms in total. The van der Waals surface area contributed by atoms with Crippen molar-refractivity contribution in [2.45, 2.75) is 34.1 Å². The van der Waals surface area contributed by atoms with Crippen LogP contribution in [0.3, 0.4) is 0 Å². The molecule has 2 aromatic rings. The van der Waals surface area contributed by atoms with Crippen LogP contribution in [0.15, 0.2) is 36.4 Å². The van der Waals surface area contributed by atoms with Crippen LogP contribution in [0.25, 0.3) is 0 Å². The molecule has 0 saturated carbocycles. The molecule has 0 fully saturated rings. The van der Waals surface area contributed by atoms with Crippen LogP contribution in [-0.4, -0.2) is 25.5 Å². The van der Waals surface area contributed by atoms with E-state index in [1.54, 1.807) is 24.3 Å². The SMILES string of the molecule is COc1cc(C(=O)NNC(=O)c2ccc(C)cc2C)ccc1OCCC(C)C. The van der Waals surface area contributed by atoms with E-state index in [2.05, 4.69) is 24.7 Å². The average molecular weight is 384 g/mol. The van der Waals surface area contributed by atoms with Crippen molar-refractivity contribution in [3.05, 3.63) is 58.7 Å². The number of benzene rings is 2. The topological polar surface area (TPSA) is 76.7 Å². The molecule has 2 rings (SSSR count). The number of ether oxygens (including phenoxy) is 2. The molecule has 0 radical (unpaired) electrons. The summed E-state index contributed by atoms with van der Waals surface area (Å²) in [6, 6.07) is 10.4. The molecule has 2 amide bonds. The predicted octanol–water partition coefficient (Wildman–Crippen LogP) is 3.81. The molecule has 6 heteroatoms. The number of hydrogen-bond acceptors (Lipinski definition) is 4. The van der Waals surface area contributed by atoms with Crippen molar-refractivity contribution in [2.24, 2.45) is 5.92 Å². The molecule has 0 aliphatic carbocycles. The van der Waals surface area contributed by atoms with Gasteiger partial charge in [0.2, 0.25) is 0 Å². The van der Waals surface area contributed by atoms with Gasteiger partial charge in [0.05, 0.1) is 13.7 Å². The molecule has 0 aromatic heterocycles. The lowest BCUT2D eigenvalue weighted by Crippen LogP contribution is -2.41.